The predicted octanol–water partition coefficient (Wildman–Crippen LogP) is 4.71. The van der Waals surface area contributed by atoms with E-state index < -0.39 is 6.10 Å². The Morgan fingerprint density at radius 3 is 2.41 bits per heavy atom. The highest BCUT2D eigenvalue weighted by Crippen LogP contribution is 2.36. The van der Waals surface area contributed by atoms with Crippen molar-refractivity contribution in [2.24, 2.45) is 11.8 Å². The van der Waals surface area contributed by atoms with Crippen molar-refractivity contribution in [1.82, 2.24) is 0 Å². The number of hydrogen-bond acceptors (Lipinski definition) is 7. The molecule has 0 heterocycles. The van der Waals surface area contributed by atoms with Crippen molar-refractivity contribution in [3.8, 4) is 0 Å². The Bertz CT molecular complexity index is 640. The lowest BCUT2D eigenvalue weighted by atomic mass is 9.88. The zero-order valence-corrected chi connectivity index (χ0v) is 20.1. The summed E-state index contributed by atoms with van der Waals surface area (Å²) in [7, 11) is 1.39. The molecule has 7 heteroatoms. The van der Waals surface area contributed by atoms with Crippen molar-refractivity contribution in [3.63, 3.8) is 0 Å². The second kappa shape index (κ2) is 15.6. The minimum atomic E-state index is -0.441. The summed E-state index contributed by atoms with van der Waals surface area (Å²) in [5, 5.41) is 0. The van der Waals surface area contributed by atoms with Crippen LogP contribution >= 0.6 is 0 Å². The van der Waals surface area contributed by atoms with E-state index in [1.165, 1.54) is 21.0 Å². The fourth-order valence-corrected chi connectivity index (χ4v) is 4.27. The molecule has 0 amide bonds. The Labute approximate surface area is 192 Å². The lowest BCUT2D eigenvalue weighted by Crippen LogP contribution is -2.23. The number of ketones is 1. The quantitative estimate of drug-likeness (QED) is 0.154. The second-order valence-corrected chi connectivity index (χ2v) is 8.57. The maximum atomic E-state index is 12.7. The highest BCUT2D eigenvalue weighted by Gasteiger charge is 2.42. The first-order chi connectivity index (χ1) is 15.3. The minimum Gasteiger partial charge on any atom is -0.469 e. The molecule has 0 radical (unpaired) electrons. The molecular formula is C25H40O7. The molecule has 1 saturated carbocycles. The summed E-state index contributed by atoms with van der Waals surface area (Å²) in [6.07, 6.45) is 11.6. The molecule has 7 nitrogen and oxygen atoms in total. The number of hydrogen-bond donors (Lipinski definition) is 0. The van der Waals surface area contributed by atoms with Crippen molar-refractivity contribution in [2.45, 2.75) is 104 Å². The molecule has 1 rings (SSSR count). The molecule has 0 aromatic heterocycles. The zero-order chi connectivity index (χ0) is 23.9. The van der Waals surface area contributed by atoms with Gasteiger partial charge in [-0.15, -0.1) is 0 Å². The molecule has 0 aromatic rings. The van der Waals surface area contributed by atoms with Crippen LogP contribution in [0.5, 0.6) is 0 Å². The van der Waals surface area contributed by atoms with Crippen LogP contribution in [-0.2, 0) is 33.4 Å². The van der Waals surface area contributed by atoms with Gasteiger partial charge in [-0.05, 0) is 19.3 Å². The monoisotopic (exact) mass is 452 g/mol. The van der Waals surface area contributed by atoms with E-state index in [4.69, 9.17) is 9.47 Å². The molecule has 1 aliphatic carbocycles. The van der Waals surface area contributed by atoms with Gasteiger partial charge in [-0.25, -0.2) is 0 Å². The molecule has 0 aliphatic heterocycles. The van der Waals surface area contributed by atoms with Gasteiger partial charge in [0.2, 0.25) is 0 Å². The van der Waals surface area contributed by atoms with Gasteiger partial charge in [0.05, 0.1) is 7.11 Å². The average Bonchev–Trinajstić information content (AvgIpc) is 3.01. The fourth-order valence-electron chi connectivity index (χ4n) is 4.27. The lowest BCUT2D eigenvalue weighted by Gasteiger charge is -2.21. The number of carbonyl (C=O) groups excluding carboxylic acids is 4. The molecular weight excluding hydrogens is 412 g/mol. The predicted molar refractivity (Wildman–Crippen MR) is 121 cm³/mol. The third-order valence-electron chi connectivity index (χ3n) is 5.87. The van der Waals surface area contributed by atoms with Gasteiger partial charge in [0, 0.05) is 44.9 Å². The third-order valence-corrected chi connectivity index (χ3v) is 5.87. The highest BCUT2D eigenvalue weighted by molar-refractivity contribution is 5.85. The first kappa shape index (κ1) is 27.9. The van der Waals surface area contributed by atoms with E-state index in [1.807, 2.05) is 12.2 Å². The van der Waals surface area contributed by atoms with Crippen LogP contribution in [0.3, 0.4) is 0 Å². The largest absolute Gasteiger partial charge is 0.469 e. The van der Waals surface area contributed by atoms with Gasteiger partial charge in [0.25, 0.3) is 0 Å². The number of ether oxygens (including phenoxy) is 3. The van der Waals surface area contributed by atoms with Gasteiger partial charge in [0.1, 0.15) is 18.0 Å². The molecule has 1 fully saturated rings. The topological polar surface area (TPSA) is 96.0 Å². The molecule has 4 atom stereocenters. The number of methoxy groups -OCH3 is 1. The highest BCUT2D eigenvalue weighted by atomic mass is 16.5. The number of Topliss-reactive ketones (excluding diaryl/α,β-unsaturated/α-hetero) is 1. The molecule has 182 valence electrons. The minimum absolute atomic E-state index is 0.128. The summed E-state index contributed by atoms with van der Waals surface area (Å²) in [6.45, 7) is 4.87. The van der Waals surface area contributed by atoms with Crippen molar-refractivity contribution in [3.05, 3.63) is 12.2 Å². The number of rotatable bonds is 15. The Hall–Kier alpha value is -2.18. The first-order valence-electron chi connectivity index (χ1n) is 11.9. The summed E-state index contributed by atoms with van der Waals surface area (Å²) in [6, 6.07) is 0. The van der Waals surface area contributed by atoms with Gasteiger partial charge in [-0.1, -0.05) is 51.2 Å². The number of unbranched alkanes of at least 4 members (excludes halogenated alkanes) is 4. The van der Waals surface area contributed by atoms with Gasteiger partial charge < -0.3 is 14.2 Å². The zero-order valence-electron chi connectivity index (χ0n) is 20.1. The van der Waals surface area contributed by atoms with Crippen LogP contribution in [0.4, 0.5) is 0 Å². The van der Waals surface area contributed by atoms with Crippen molar-refractivity contribution >= 4 is 23.7 Å². The van der Waals surface area contributed by atoms with E-state index in [0.29, 0.717) is 12.8 Å². The molecule has 0 spiro atoms. The number of esters is 3. The van der Waals surface area contributed by atoms with Crippen LogP contribution in [0.15, 0.2) is 12.2 Å². The Morgan fingerprint density at radius 2 is 1.78 bits per heavy atom. The standard InChI is InChI=1S/C25H40O7/c1-5-6-12-20(31-18(2)26)13-11-15-22-21(23(28)17-24(22)32-19(3)27)14-9-7-8-10-16-25(29)30-4/h11,15,20-22,24H,5-10,12-14,16-17H2,1-4H3. The Morgan fingerprint density at radius 1 is 1.06 bits per heavy atom. The van der Waals surface area contributed by atoms with E-state index in [-0.39, 0.29) is 48.1 Å². The normalized spacial score (nSPS) is 21.5. The maximum Gasteiger partial charge on any atom is 0.305 e. The molecule has 0 bridgehead atoms. The van der Waals surface area contributed by atoms with Gasteiger partial charge in [-0.3, -0.25) is 19.2 Å². The molecule has 0 N–H and O–H groups in total. The summed E-state index contributed by atoms with van der Waals surface area (Å²) in [5.74, 6) is -1.09. The summed E-state index contributed by atoms with van der Waals surface area (Å²) < 4.78 is 15.5. The van der Waals surface area contributed by atoms with Crippen molar-refractivity contribution in [1.29, 1.82) is 0 Å². The average molecular weight is 453 g/mol. The van der Waals surface area contributed by atoms with Crippen molar-refractivity contribution < 1.29 is 33.4 Å². The molecule has 1 aliphatic rings. The van der Waals surface area contributed by atoms with Gasteiger partial charge in [0.15, 0.2) is 0 Å². The van der Waals surface area contributed by atoms with E-state index in [1.54, 1.807) is 0 Å². The third kappa shape index (κ3) is 10.9. The Kier molecular flexibility index (Phi) is 13.6. The van der Waals surface area contributed by atoms with E-state index >= 15 is 0 Å². The van der Waals surface area contributed by atoms with Crippen molar-refractivity contribution in [2.75, 3.05) is 7.11 Å². The van der Waals surface area contributed by atoms with E-state index in [2.05, 4.69) is 11.7 Å². The maximum absolute atomic E-state index is 12.7. The van der Waals surface area contributed by atoms with Crippen LogP contribution in [0, 0.1) is 11.8 Å². The smallest absolute Gasteiger partial charge is 0.305 e. The van der Waals surface area contributed by atoms with Crippen LogP contribution in [0.25, 0.3) is 0 Å². The molecule has 0 saturated heterocycles. The SMILES string of the molecule is CCCCC(CC=CC1C(OC(C)=O)CC(=O)C1CCCCCCC(=O)OC)OC(C)=O. The summed E-state index contributed by atoms with van der Waals surface area (Å²) >= 11 is 0. The Balaban J connectivity index is 2.68. The number of carbonyl (C=O) groups is 4. The van der Waals surface area contributed by atoms with Crippen LogP contribution in [0.1, 0.15) is 91.4 Å². The first-order valence-corrected chi connectivity index (χ1v) is 11.9. The summed E-state index contributed by atoms with van der Waals surface area (Å²) in [5.41, 5.74) is 0. The van der Waals surface area contributed by atoms with Crippen LogP contribution < -0.4 is 0 Å². The molecule has 32 heavy (non-hydrogen) atoms. The fraction of sp³-hybridized carbons (Fsp3) is 0.760. The van der Waals surface area contributed by atoms with Crippen LogP contribution in [0.2, 0.25) is 0 Å². The van der Waals surface area contributed by atoms with Gasteiger partial charge >= 0.3 is 17.9 Å². The summed E-state index contributed by atoms with van der Waals surface area (Å²) in [4.78, 5) is 46.8. The second-order valence-electron chi connectivity index (χ2n) is 8.57. The lowest BCUT2D eigenvalue weighted by molar-refractivity contribution is -0.148. The molecule has 4 unspecified atom stereocenters. The van der Waals surface area contributed by atoms with Crippen LogP contribution in [-0.4, -0.2) is 43.0 Å². The van der Waals surface area contributed by atoms with Gasteiger partial charge in [-0.2, -0.15) is 0 Å². The molecule has 0 aromatic carbocycles. The van der Waals surface area contributed by atoms with E-state index in [9.17, 15) is 19.2 Å². The van der Waals surface area contributed by atoms with E-state index in [0.717, 1.165) is 51.4 Å².